The molecule has 32 heavy (non-hydrogen) atoms. The first-order valence-electron chi connectivity index (χ1n) is 10.6. The fourth-order valence-electron chi connectivity index (χ4n) is 2.64. The van der Waals surface area contributed by atoms with Crippen LogP contribution in [0.3, 0.4) is 0 Å². The van der Waals surface area contributed by atoms with Crippen LogP contribution in [0.4, 0.5) is 14.4 Å². The van der Waals surface area contributed by atoms with Crippen molar-refractivity contribution in [3.8, 4) is 0 Å². The van der Waals surface area contributed by atoms with E-state index in [2.05, 4.69) is 22.5 Å². The molecule has 0 fully saturated rings. The lowest BCUT2D eigenvalue weighted by molar-refractivity contribution is 0.0507. The smallest absolute Gasteiger partial charge is 0.407 e. The van der Waals surface area contributed by atoms with Crippen LogP contribution in [0, 0.1) is 0 Å². The number of amides is 4. The number of rotatable bonds is 10. The Balaban J connectivity index is 2.70. The van der Waals surface area contributed by atoms with Crippen LogP contribution in [0.25, 0.3) is 0 Å². The monoisotopic (exact) mass is 448 g/mol. The molecule has 0 radical (unpaired) electrons. The molecule has 0 aliphatic carbocycles. The maximum Gasteiger partial charge on any atom is 0.407 e. The van der Waals surface area contributed by atoms with E-state index in [1.54, 1.807) is 32.6 Å². The molecule has 4 amide bonds. The van der Waals surface area contributed by atoms with E-state index in [1.165, 1.54) is 6.08 Å². The molecule has 0 aliphatic rings. The lowest BCUT2D eigenvalue weighted by Crippen LogP contribution is -2.51. The molecule has 0 spiro atoms. The lowest BCUT2D eigenvalue weighted by Gasteiger charge is -2.30. The van der Waals surface area contributed by atoms with Crippen molar-refractivity contribution in [1.82, 2.24) is 20.9 Å². The number of alkyl carbamates (subject to hydrolysis) is 2. The summed E-state index contributed by atoms with van der Waals surface area (Å²) in [7, 11) is 0. The maximum absolute atomic E-state index is 12.9. The Morgan fingerprint density at radius 2 is 1.72 bits per heavy atom. The zero-order chi connectivity index (χ0) is 24.1. The van der Waals surface area contributed by atoms with Gasteiger partial charge < -0.3 is 30.3 Å². The highest BCUT2D eigenvalue weighted by molar-refractivity contribution is 5.75. The number of hydrogen-bond acceptors (Lipinski definition) is 5. The normalized spacial score (nSPS) is 12.7. The first-order chi connectivity index (χ1) is 15.0. The number of nitrogens with zero attached hydrogens (tertiary/aromatic N) is 1. The van der Waals surface area contributed by atoms with Crippen molar-refractivity contribution in [2.24, 2.45) is 0 Å². The SMILES string of the molecule is C=CCOC(=O)NC[C@H](C)N(Cc1ccccc1)C(=O)NC[C@H](C)NC(=O)OC(C)(C)C. The fourth-order valence-corrected chi connectivity index (χ4v) is 2.64. The zero-order valence-corrected chi connectivity index (χ0v) is 19.6. The van der Waals surface area contributed by atoms with Crippen molar-refractivity contribution in [1.29, 1.82) is 0 Å². The molecule has 178 valence electrons. The molecule has 2 atom stereocenters. The highest BCUT2D eigenvalue weighted by Gasteiger charge is 2.23. The summed E-state index contributed by atoms with van der Waals surface area (Å²) in [5, 5.41) is 8.17. The van der Waals surface area contributed by atoms with Gasteiger partial charge >= 0.3 is 18.2 Å². The summed E-state index contributed by atoms with van der Waals surface area (Å²) in [6.07, 6.45) is 0.355. The van der Waals surface area contributed by atoms with Gasteiger partial charge in [0.15, 0.2) is 0 Å². The molecule has 1 aromatic carbocycles. The van der Waals surface area contributed by atoms with E-state index < -0.39 is 17.8 Å². The molecule has 0 unspecified atom stereocenters. The van der Waals surface area contributed by atoms with Gasteiger partial charge in [-0.15, -0.1) is 0 Å². The van der Waals surface area contributed by atoms with Crippen LogP contribution in [0.1, 0.15) is 40.2 Å². The first kappa shape index (κ1) is 26.8. The Bertz CT molecular complexity index is 749. The molecule has 3 N–H and O–H groups in total. The van der Waals surface area contributed by atoms with Gasteiger partial charge in [-0.1, -0.05) is 43.0 Å². The number of benzene rings is 1. The van der Waals surface area contributed by atoms with Crippen LogP contribution in [0.15, 0.2) is 43.0 Å². The molecule has 9 heteroatoms. The predicted octanol–water partition coefficient (Wildman–Crippen LogP) is 3.41. The number of urea groups is 1. The van der Waals surface area contributed by atoms with Crippen molar-refractivity contribution in [2.75, 3.05) is 19.7 Å². The second-order valence-corrected chi connectivity index (χ2v) is 8.46. The van der Waals surface area contributed by atoms with E-state index in [1.807, 2.05) is 37.3 Å². The summed E-state index contributed by atoms with van der Waals surface area (Å²) in [6.45, 7) is 13.3. The van der Waals surface area contributed by atoms with Gasteiger partial charge in [-0.25, -0.2) is 14.4 Å². The van der Waals surface area contributed by atoms with Crippen LogP contribution in [0.2, 0.25) is 0 Å². The van der Waals surface area contributed by atoms with Crippen LogP contribution < -0.4 is 16.0 Å². The minimum Gasteiger partial charge on any atom is -0.445 e. The number of nitrogens with one attached hydrogen (secondary N) is 3. The standard InChI is InChI=1S/C23H36N4O5/c1-7-13-31-21(29)25-15-18(3)27(16-19-11-9-8-10-12-19)20(28)24-14-17(2)26-22(30)32-23(4,5)6/h7-12,17-18H,1,13-16H2,2-6H3,(H,24,28)(H,25,29)(H,26,30)/t17-,18-/m0/s1. The van der Waals surface area contributed by atoms with Gasteiger partial charge in [-0.2, -0.15) is 0 Å². The van der Waals surface area contributed by atoms with E-state index in [-0.39, 0.29) is 37.8 Å². The second-order valence-electron chi connectivity index (χ2n) is 8.46. The van der Waals surface area contributed by atoms with Gasteiger partial charge in [0.2, 0.25) is 0 Å². The minimum atomic E-state index is -0.602. The second kappa shape index (κ2) is 13.2. The van der Waals surface area contributed by atoms with Crippen molar-refractivity contribution in [3.63, 3.8) is 0 Å². The molecule has 1 aromatic rings. The molecular formula is C23H36N4O5. The first-order valence-corrected chi connectivity index (χ1v) is 10.6. The molecule has 0 heterocycles. The Hall–Kier alpha value is -3.23. The van der Waals surface area contributed by atoms with Crippen LogP contribution in [-0.2, 0) is 16.0 Å². The van der Waals surface area contributed by atoms with Crippen LogP contribution >= 0.6 is 0 Å². The predicted molar refractivity (Wildman–Crippen MR) is 123 cm³/mol. The quantitative estimate of drug-likeness (QED) is 0.475. The molecular weight excluding hydrogens is 412 g/mol. The molecule has 0 aliphatic heterocycles. The third kappa shape index (κ3) is 11.2. The van der Waals surface area contributed by atoms with E-state index in [0.29, 0.717) is 6.54 Å². The van der Waals surface area contributed by atoms with Gasteiger partial charge in [0.05, 0.1) is 0 Å². The summed E-state index contributed by atoms with van der Waals surface area (Å²) in [4.78, 5) is 38.2. The van der Waals surface area contributed by atoms with Crippen LogP contribution in [0.5, 0.6) is 0 Å². The fraction of sp³-hybridized carbons (Fsp3) is 0.522. The van der Waals surface area contributed by atoms with Gasteiger partial charge in [-0.3, -0.25) is 0 Å². The topological polar surface area (TPSA) is 109 Å². The molecule has 0 bridgehead atoms. The summed E-state index contributed by atoms with van der Waals surface area (Å²) in [6, 6.07) is 8.56. The van der Waals surface area contributed by atoms with E-state index in [9.17, 15) is 14.4 Å². The van der Waals surface area contributed by atoms with Gasteiger partial charge in [0.1, 0.15) is 12.2 Å². The van der Waals surface area contributed by atoms with Gasteiger partial charge in [-0.05, 0) is 40.2 Å². The van der Waals surface area contributed by atoms with Gasteiger partial charge in [0.25, 0.3) is 0 Å². The van der Waals surface area contributed by atoms with Crippen molar-refractivity contribution >= 4 is 18.2 Å². The molecule has 0 saturated carbocycles. The molecule has 0 aromatic heterocycles. The molecule has 1 rings (SSSR count). The van der Waals surface area contributed by atoms with Crippen molar-refractivity contribution in [2.45, 2.75) is 58.8 Å². The number of carbonyl (C=O) groups excluding carboxylic acids is 3. The lowest BCUT2D eigenvalue weighted by atomic mass is 10.2. The third-order valence-corrected chi connectivity index (χ3v) is 4.19. The molecule has 9 nitrogen and oxygen atoms in total. The summed E-state index contributed by atoms with van der Waals surface area (Å²) in [5.41, 5.74) is 0.345. The number of carbonyl (C=O) groups is 3. The summed E-state index contributed by atoms with van der Waals surface area (Å²) in [5.74, 6) is 0. The third-order valence-electron chi connectivity index (χ3n) is 4.19. The van der Waals surface area contributed by atoms with E-state index >= 15 is 0 Å². The highest BCUT2D eigenvalue weighted by Crippen LogP contribution is 2.09. The Kier molecular flexibility index (Phi) is 11.1. The largest absolute Gasteiger partial charge is 0.445 e. The summed E-state index contributed by atoms with van der Waals surface area (Å²) >= 11 is 0. The minimum absolute atomic E-state index is 0.108. The van der Waals surface area contributed by atoms with E-state index in [4.69, 9.17) is 9.47 Å². The Morgan fingerprint density at radius 1 is 1.06 bits per heavy atom. The van der Waals surface area contributed by atoms with Crippen molar-refractivity contribution < 1.29 is 23.9 Å². The average molecular weight is 449 g/mol. The number of hydrogen-bond donors (Lipinski definition) is 3. The van der Waals surface area contributed by atoms with Crippen LogP contribution in [-0.4, -0.2) is 60.5 Å². The molecule has 0 saturated heterocycles. The zero-order valence-electron chi connectivity index (χ0n) is 19.6. The maximum atomic E-state index is 12.9. The van der Waals surface area contributed by atoms with E-state index in [0.717, 1.165) is 5.56 Å². The Morgan fingerprint density at radius 3 is 2.31 bits per heavy atom. The average Bonchev–Trinajstić information content (AvgIpc) is 2.71. The Labute approximate surface area is 190 Å². The summed E-state index contributed by atoms with van der Waals surface area (Å²) < 4.78 is 10.1. The van der Waals surface area contributed by atoms with Gasteiger partial charge in [0, 0.05) is 31.7 Å². The number of ether oxygens (including phenoxy) is 2. The highest BCUT2D eigenvalue weighted by atomic mass is 16.6. The van der Waals surface area contributed by atoms with Crippen molar-refractivity contribution in [3.05, 3.63) is 48.6 Å².